The first-order chi connectivity index (χ1) is 8.83. The lowest BCUT2D eigenvalue weighted by molar-refractivity contribution is -0.143. The van der Waals surface area contributed by atoms with Gasteiger partial charge in [-0.3, -0.25) is 0 Å². The highest BCUT2D eigenvalue weighted by molar-refractivity contribution is 4.87. The number of ether oxygens (including phenoxy) is 1. The van der Waals surface area contributed by atoms with Crippen LogP contribution in [-0.2, 0) is 4.74 Å². The normalized spacial score (nSPS) is 19.9. The van der Waals surface area contributed by atoms with E-state index in [9.17, 15) is 13.2 Å². The molecule has 19 heavy (non-hydrogen) atoms. The van der Waals surface area contributed by atoms with E-state index >= 15 is 0 Å². The Balaban J connectivity index is 2.36. The Hall–Kier alpha value is -0.290. The molecule has 1 aliphatic carbocycles. The van der Waals surface area contributed by atoms with Gasteiger partial charge in [-0.1, -0.05) is 33.1 Å². The van der Waals surface area contributed by atoms with E-state index < -0.39 is 12.6 Å². The van der Waals surface area contributed by atoms with E-state index in [0.717, 1.165) is 32.2 Å². The molecule has 0 amide bonds. The van der Waals surface area contributed by atoms with Crippen LogP contribution in [0.15, 0.2) is 0 Å². The van der Waals surface area contributed by atoms with Crippen molar-refractivity contribution in [3.05, 3.63) is 0 Å². The zero-order chi connectivity index (χ0) is 14.4. The van der Waals surface area contributed by atoms with Gasteiger partial charge in [0.15, 0.2) is 0 Å². The van der Waals surface area contributed by atoms with Gasteiger partial charge in [0, 0.05) is 25.6 Å². The zero-order valence-corrected chi connectivity index (χ0v) is 12.0. The van der Waals surface area contributed by atoms with Crippen LogP contribution in [-0.4, -0.2) is 31.0 Å². The van der Waals surface area contributed by atoms with Gasteiger partial charge < -0.3 is 10.1 Å². The average molecular weight is 281 g/mol. The van der Waals surface area contributed by atoms with Gasteiger partial charge in [0.2, 0.25) is 0 Å². The monoisotopic (exact) mass is 281 g/mol. The molecular formula is C14H26F3NO. The van der Waals surface area contributed by atoms with Crippen LogP contribution in [0, 0.1) is 0 Å². The summed E-state index contributed by atoms with van der Waals surface area (Å²) in [6.07, 6.45) is 0.581. The maximum atomic E-state index is 12.1. The Morgan fingerprint density at radius 1 is 1.16 bits per heavy atom. The second-order valence-corrected chi connectivity index (χ2v) is 5.85. The Bertz CT molecular complexity index is 248. The van der Waals surface area contributed by atoms with Gasteiger partial charge in [-0.05, 0) is 19.3 Å². The molecule has 0 aromatic heterocycles. The van der Waals surface area contributed by atoms with E-state index in [1.807, 2.05) is 0 Å². The fraction of sp³-hybridized carbons (Fsp3) is 1.00. The van der Waals surface area contributed by atoms with Gasteiger partial charge in [-0.2, -0.15) is 13.2 Å². The first-order valence-corrected chi connectivity index (χ1v) is 7.27. The Morgan fingerprint density at radius 3 is 2.32 bits per heavy atom. The summed E-state index contributed by atoms with van der Waals surface area (Å²) in [5, 5.41) is 3.37. The number of nitrogens with one attached hydrogen (secondary N) is 1. The van der Waals surface area contributed by atoms with Crippen molar-refractivity contribution in [2.24, 2.45) is 0 Å². The molecule has 0 aromatic rings. The summed E-state index contributed by atoms with van der Waals surface area (Å²) < 4.78 is 42.2. The maximum absolute atomic E-state index is 12.1. The molecule has 1 aliphatic rings. The van der Waals surface area contributed by atoms with Crippen molar-refractivity contribution >= 4 is 0 Å². The fourth-order valence-corrected chi connectivity index (χ4v) is 2.52. The molecule has 1 N–H and O–H groups in total. The first-order valence-electron chi connectivity index (χ1n) is 7.27. The molecule has 1 fully saturated rings. The van der Waals surface area contributed by atoms with Crippen molar-refractivity contribution in [1.29, 1.82) is 0 Å². The van der Waals surface area contributed by atoms with Crippen molar-refractivity contribution in [3.8, 4) is 0 Å². The van der Waals surface area contributed by atoms with Crippen LogP contribution in [0.4, 0.5) is 13.2 Å². The molecule has 0 heterocycles. The largest absolute Gasteiger partial charge is 0.389 e. The second kappa shape index (κ2) is 7.48. The molecule has 0 radical (unpaired) electrons. The predicted molar refractivity (Wildman–Crippen MR) is 70.2 cm³/mol. The van der Waals surface area contributed by atoms with Crippen molar-refractivity contribution in [2.45, 2.75) is 76.6 Å². The van der Waals surface area contributed by atoms with Gasteiger partial charge in [0.25, 0.3) is 0 Å². The summed E-state index contributed by atoms with van der Waals surface area (Å²) >= 11 is 0. The molecule has 1 saturated carbocycles. The first kappa shape index (κ1) is 16.8. The third-order valence-electron chi connectivity index (χ3n) is 3.61. The lowest BCUT2D eigenvalue weighted by Crippen LogP contribution is -2.46. The van der Waals surface area contributed by atoms with Crippen molar-refractivity contribution in [3.63, 3.8) is 0 Å². The molecule has 114 valence electrons. The Morgan fingerprint density at radius 2 is 1.79 bits per heavy atom. The van der Waals surface area contributed by atoms with Crippen LogP contribution in [0.5, 0.6) is 0 Å². The Kier molecular flexibility index (Phi) is 6.60. The SMILES string of the molecule is CC(C)NCC1(OCCCC(F)(F)F)CCCCC1. The van der Waals surface area contributed by atoms with E-state index in [-0.39, 0.29) is 18.6 Å². The molecule has 1 rings (SSSR count). The fourth-order valence-electron chi connectivity index (χ4n) is 2.52. The van der Waals surface area contributed by atoms with E-state index in [1.165, 1.54) is 6.42 Å². The second-order valence-electron chi connectivity index (χ2n) is 5.85. The van der Waals surface area contributed by atoms with Crippen LogP contribution < -0.4 is 5.32 Å². The molecule has 0 bridgehead atoms. The summed E-state index contributed by atoms with van der Waals surface area (Å²) in [5.41, 5.74) is -0.242. The summed E-state index contributed by atoms with van der Waals surface area (Å²) in [6, 6.07) is 0.373. The molecule has 0 atom stereocenters. The molecule has 2 nitrogen and oxygen atoms in total. The number of hydrogen-bond donors (Lipinski definition) is 1. The number of halogens is 3. The summed E-state index contributed by atoms with van der Waals surface area (Å²) in [5.74, 6) is 0. The van der Waals surface area contributed by atoms with Crippen LogP contribution >= 0.6 is 0 Å². The van der Waals surface area contributed by atoms with Crippen LogP contribution in [0.1, 0.15) is 58.8 Å². The van der Waals surface area contributed by atoms with Gasteiger partial charge in [-0.15, -0.1) is 0 Å². The smallest absolute Gasteiger partial charge is 0.374 e. The third kappa shape index (κ3) is 7.16. The van der Waals surface area contributed by atoms with Crippen molar-refractivity contribution in [1.82, 2.24) is 5.32 Å². The van der Waals surface area contributed by atoms with Crippen molar-refractivity contribution in [2.75, 3.05) is 13.2 Å². The van der Waals surface area contributed by atoms with Crippen LogP contribution in [0.2, 0.25) is 0 Å². The topological polar surface area (TPSA) is 21.3 Å². The molecule has 0 aliphatic heterocycles. The average Bonchev–Trinajstić information content (AvgIpc) is 2.33. The molecule has 5 heteroatoms. The van der Waals surface area contributed by atoms with E-state index in [1.54, 1.807) is 0 Å². The number of hydrogen-bond acceptors (Lipinski definition) is 2. The van der Waals surface area contributed by atoms with Gasteiger partial charge >= 0.3 is 6.18 Å². The molecular weight excluding hydrogens is 255 g/mol. The molecule has 0 unspecified atom stereocenters. The minimum atomic E-state index is -4.07. The van der Waals surface area contributed by atoms with E-state index in [4.69, 9.17) is 4.74 Å². The van der Waals surface area contributed by atoms with Gasteiger partial charge in [0.05, 0.1) is 5.60 Å². The van der Waals surface area contributed by atoms with E-state index in [0.29, 0.717) is 6.04 Å². The zero-order valence-electron chi connectivity index (χ0n) is 12.0. The highest BCUT2D eigenvalue weighted by Crippen LogP contribution is 2.32. The molecule has 0 aromatic carbocycles. The summed E-state index contributed by atoms with van der Waals surface area (Å²) in [4.78, 5) is 0. The maximum Gasteiger partial charge on any atom is 0.389 e. The number of alkyl halides is 3. The third-order valence-corrected chi connectivity index (χ3v) is 3.61. The van der Waals surface area contributed by atoms with Crippen molar-refractivity contribution < 1.29 is 17.9 Å². The van der Waals surface area contributed by atoms with Gasteiger partial charge in [0.1, 0.15) is 0 Å². The highest BCUT2D eigenvalue weighted by Gasteiger charge is 2.33. The van der Waals surface area contributed by atoms with Crippen LogP contribution in [0.25, 0.3) is 0 Å². The van der Waals surface area contributed by atoms with Crippen LogP contribution in [0.3, 0.4) is 0 Å². The standard InChI is InChI=1S/C14H26F3NO/c1-12(2)18-11-13(7-4-3-5-8-13)19-10-6-9-14(15,16)17/h12,18H,3-11H2,1-2H3. The predicted octanol–water partition coefficient (Wildman–Crippen LogP) is 4.05. The Labute approximate surface area is 114 Å². The van der Waals surface area contributed by atoms with E-state index in [2.05, 4.69) is 19.2 Å². The highest BCUT2D eigenvalue weighted by atomic mass is 19.4. The lowest BCUT2D eigenvalue weighted by Gasteiger charge is -2.38. The molecule has 0 saturated heterocycles. The number of rotatable bonds is 7. The minimum absolute atomic E-state index is 0.0624. The quantitative estimate of drug-likeness (QED) is 0.711. The summed E-state index contributed by atoms with van der Waals surface area (Å²) in [6.45, 7) is 5.09. The minimum Gasteiger partial charge on any atom is -0.374 e. The van der Waals surface area contributed by atoms with Gasteiger partial charge in [-0.25, -0.2) is 0 Å². The molecule has 0 spiro atoms. The lowest BCUT2D eigenvalue weighted by atomic mass is 9.84. The summed E-state index contributed by atoms with van der Waals surface area (Å²) in [7, 11) is 0.